The molecule has 0 spiro atoms. The lowest BCUT2D eigenvalue weighted by atomic mass is 9.94. The van der Waals surface area contributed by atoms with Gasteiger partial charge >= 0.3 is 0 Å². The summed E-state index contributed by atoms with van der Waals surface area (Å²) in [5.74, 6) is 0.500. The van der Waals surface area contributed by atoms with E-state index in [1.54, 1.807) is 6.07 Å². The van der Waals surface area contributed by atoms with Crippen LogP contribution in [0, 0.1) is 19.8 Å². The highest BCUT2D eigenvalue weighted by molar-refractivity contribution is 5.95. The molecule has 0 bridgehead atoms. The minimum atomic E-state index is 0.0212. The van der Waals surface area contributed by atoms with E-state index in [-0.39, 0.29) is 11.9 Å². The molecule has 1 fully saturated rings. The van der Waals surface area contributed by atoms with E-state index >= 15 is 0 Å². The standard InChI is InChI=1S/C13H20N4O/c1-8-4-5-17(7-12(8)14)13(18)11-6-9(2)15-16-10(11)3/h6,8,12H,4-5,7,14H2,1-3H3. The lowest BCUT2D eigenvalue weighted by molar-refractivity contribution is 0.0671. The van der Waals surface area contributed by atoms with Gasteiger partial charge in [-0.2, -0.15) is 10.2 Å². The maximum Gasteiger partial charge on any atom is 0.255 e. The van der Waals surface area contributed by atoms with E-state index in [0.717, 1.165) is 18.7 Å². The number of hydrogen-bond donors (Lipinski definition) is 1. The van der Waals surface area contributed by atoms with Crippen LogP contribution in [0.1, 0.15) is 35.1 Å². The maximum atomic E-state index is 12.4. The summed E-state index contributed by atoms with van der Waals surface area (Å²) in [6.07, 6.45) is 0.962. The SMILES string of the molecule is Cc1cc(C(=O)N2CCC(C)C(N)C2)c(C)nn1. The van der Waals surface area contributed by atoms with Gasteiger partial charge in [0.15, 0.2) is 0 Å². The Morgan fingerprint density at radius 2 is 2.17 bits per heavy atom. The van der Waals surface area contributed by atoms with Gasteiger partial charge in [0.2, 0.25) is 0 Å². The molecule has 1 saturated heterocycles. The van der Waals surface area contributed by atoms with Gasteiger partial charge < -0.3 is 10.6 Å². The molecule has 1 aliphatic heterocycles. The summed E-state index contributed by atoms with van der Waals surface area (Å²) in [7, 11) is 0. The lowest BCUT2D eigenvalue weighted by Gasteiger charge is -2.35. The number of rotatable bonds is 1. The first kappa shape index (κ1) is 13.0. The lowest BCUT2D eigenvalue weighted by Crippen LogP contribution is -2.49. The molecule has 1 amide bonds. The van der Waals surface area contributed by atoms with Crippen LogP contribution in [0.4, 0.5) is 0 Å². The van der Waals surface area contributed by atoms with Crippen LogP contribution in [0.2, 0.25) is 0 Å². The second kappa shape index (κ2) is 5.02. The number of aryl methyl sites for hydroxylation is 2. The van der Waals surface area contributed by atoms with Crippen molar-refractivity contribution in [3.05, 3.63) is 23.0 Å². The molecule has 5 heteroatoms. The van der Waals surface area contributed by atoms with E-state index in [4.69, 9.17) is 5.73 Å². The van der Waals surface area contributed by atoms with E-state index in [9.17, 15) is 4.79 Å². The Morgan fingerprint density at radius 3 is 2.83 bits per heavy atom. The van der Waals surface area contributed by atoms with Crippen molar-refractivity contribution in [3.63, 3.8) is 0 Å². The number of amides is 1. The van der Waals surface area contributed by atoms with Gasteiger partial charge in [-0.3, -0.25) is 4.79 Å². The molecule has 0 aliphatic carbocycles. The zero-order valence-electron chi connectivity index (χ0n) is 11.2. The van der Waals surface area contributed by atoms with Gasteiger partial charge in [0.1, 0.15) is 0 Å². The molecular formula is C13H20N4O. The quantitative estimate of drug-likeness (QED) is 0.801. The Labute approximate surface area is 107 Å². The topological polar surface area (TPSA) is 72.1 Å². The number of carbonyl (C=O) groups is 1. The summed E-state index contributed by atoms with van der Waals surface area (Å²) in [5, 5.41) is 7.95. The van der Waals surface area contributed by atoms with Gasteiger partial charge in [0, 0.05) is 19.1 Å². The molecule has 5 nitrogen and oxygen atoms in total. The molecule has 1 aliphatic rings. The highest BCUT2D eigenvalue weighted by Crippen LogP contribution is 2.18. The highest BCUT2D eigenvalue weighted by atomic mass is 16.2. The molecule has 2 heterocycles. The normalized spacial score (nSPS) is 24.1. The van der Waals surface area contributed by atoms with Crippen molar-refractivity contribution < 1.29 is 4.79 Å². The zero-order valence-corrected chi connectivity index (χ0v) is 11.2. The van der Waals surface area contributed by atoms with Crippen LogP contribution in [-0.2, 0) is 0 Å². The molecule has 0 radical (unpaired) electrons. The van der Waals surface area contributed by atoms with Gasteiger partial charge in [0.05, 0.1) is 17.0 Å². The first-order chi connectivity index (χ1) is 8.49. The molecule has 98 valence electrons. The van der Waals surface area contributed by atoms with E-state index in [1.807, 2.05) is 18.7 Å². The number of nitrogens with two attached hydrogens (primary N) is 1. The van der Waals surface area contributed by atoms with Crippen molar-refractivity contribution in [1.82, 2.24) is 15.1 Å². The number of carbonyl (C=O) groups excluding carboxylic acids is 1. The minimum absolute atomic E-state index is 0.0212. The summed E-state index contributed by atoms with van der Waals surface area (Å²) in [5.41, 5.74) is 8.11. The van der Waals surface area contributed by atoms with Crippen molar-refractivity contribution in [2.45, 2.75) is 33.2 Å². The molecule has 2 N–H and O–H groups in total. The zero-order chi connectivity index (χ0) is 13.3. The third kappa shape index (κ3) is 2.51. The first-order valence-electron chi connectivity index (χ1n) is 6.35. The third-order valence-corrected chi connectivity index (χ3v) is 3.63. The van der Waals surface area contributed by atoms with Crippen LogP contribution in [0.3, 0.4) is 0 Å². The monoisotopic (exact) mass is 248 g/mol. The minimum Gasteiger partial charge on any atom is -0.337 e. The van der Waals surface area contributed by atoms with Crippen LogP contribution >= 0.6 is 0 Å². The molecule has 18 heavy (non-hydrogen) atoms. The number of nitrogens with zero attached hydrogens (tertiary/aromatic N) is 3. The molecule has 0 aromatic carbocycles. The van der Waals surface area contributed by atoms with E-state index < -0.39 is 0 Å². The molecular weight excluding hydrogens is 228 g/mol. The van der Waals surface area contributed by atoms with Gasteiger partial charge in [0.25, 0.3) is 5.91 Å². The largest absolute Gasteiger partial charge is 0.337 e. The average molecular weight is 248 g/mol. The fourth-order valence-electron chi connectivity index (χ4n) is 2.22. The summed E-state index contributed by atoms with van der Waals surface area (Å²) >= 11 is 0. The van der Waals surface area contributed by atoms with Gasteiger partial charge in [-0.25, -0.2) is 0 Å². The predicted octanol–water partition coefficient (Wildman–Crippen LogP) is 0.903. The van der Waals surface area contributed by atoms with E-state index in [0.29, 0.717) is 23.7 Å². The summed E-state index contributed by atoms with van der Waals surface area (Å²) in [6.45, 7) is 7.19. The second-order valence-corrected chi connectivity index (χ2v) is 5.17. The van der Waals surface area contributed by atoms with Gasteiger partial charge in [-0.15, -0.1) is 0 Å². The van der Waals surface area contributed by atoms with Gasteiger partial charge in [-0.05, 0) is 32.3 Å². The Bertz CT molecular complexity index is 460. The first-order valence-corrected chi connectivity index (χ1v) is 6.35. The van der Waals surface area contributed by atoms with Crippen LogP contribution in [0.25, 0.3) is 0 Å². The average Bonchev–Trinajstić information content (AvgIpc) is 2.35. The number of likely N-dealkylation sites (tertiary alicyclic amines) is 1. The molecule has 2 atom stereocenters. The van der Waals surface area contributed by atoms with Crippen LogP contribution < -0.4 is 5.73 Å². The smallest absolute Gasteiger partial charge is 0.255 e. The molecule has 1 aromatic rings. The molecule has 0 saturated carbocycles. The fraction of sp³-hybridized carbons (Fsp3) is 0.615. The van der Waals surface area contributed by atoms with Crippen molar-refractivity contribution in [3.8, 4) is 0 Å². The van der Waals surface area contributed by atoms with Gasteiger partial charge in [-0.1, -0.05) is 6.92 Å². The molecule has 1 aromatic heterocycles. The Balaban J connectivity index is 2.19. The Kier molecular flexibility index (Phi) is 3.61. The number of hydrogen-bond acceptors (Lipinski definition) is 4. The van der Waals surface area contributed by atoms with Crippen LogP contribution in [-0.4, -0.2) is 40.1 Å². The van der Waals surface area contributed by atoms with Crippen molar-refractivity contribution in [1.29, 1.82) is 0 Å². The summed E-state index contributed by atoms with van der Waals surface area (Å²) in [6, 6.07) is 1.87. The number of aromatic nitrogens is 2. The van der Waals surface area contributed by atoms with E-state index in [2.05, 4.69) is 17.1 Å². The Hall–Kier alpha value is -1.49. The fourth-order valence-corrected chi connectivity index (χ4v) is 2.22. The molecule has 2 unspecified atom stereocenters. The maximum absolute atomic E-state index is 12.4. The van der Waals surface area contributed by atoms with Crippen LogP contribution in [0.15, 0.2) is 6.07 Å². The highest BCUT2D eigenvalue weighted by Gasteiger charge is 2.27. The second-order valence-electron chi connectivity index (χ2n) is 5.17. The van der Waals surface area contributed by atoms with E-state index in [1.165, 1.54) is 0 Å². The Morgan fingerprint density at radius 1 is 1.44 bits per heavy atom. The predicted molar refractivity (Wildman–Crippen MR) is 69.2 cm³/mol. The summed E-state index contributed by atoms with van der Waals surface area (Å²) in [4.78, 5) is 14.3. The summed E-state index contributed by atoms with van der Waals surface area (Å²) < 4.78 is 0. The third-order valence-electron chi connectivity index (χ3n) is 3.63. The van der Waals surface area contributed by atoms with Crippen LogP contribution in [0.5, 0.6) is 0 Å². The van der Waals surface area contributed by atoms with Crippen molar-refractivity contribution in [2.75, 3.05) is 13.1 Å². The van der Waals surface area contributed by atoms with Crippen molar-refractivity contribution in [2.24, 2.45) is 11.7 Å². The van der Waals surface area contributed by atoms with Crippen molar-refractivity contribution >= 4 is 5.91 Å². The number of piperidine rings is 1. The molecule has 2 rings (SSSR count).